The summed E-state index contributed by atoms with van der Waals surface area (Å²) in [6.45, 7) is 0.208. The van der Waals surface area contributed by atoms with E-state index in [1.165, 1.54) is 24.7 Å². The Morgan fingerprint density at radius 3 is 2.72 bits per heavy atom. The van der Waals surface area contributed by atoms with Crippen molar-refractivity contribution in [2.45, 2.75) is 6.54 Å². The third-order valence-electron chi connectivity index (χ3n) is 2.13. The second-order valence-corrected chi connectivity index (χ2v) is 3.35. The van der Waals surface area contributed by atoms with E-state index >= 15 is 0 Å². The van der Waals surface area contributed by atoms with Gasteiger partial charge >= 0.3 is 5.97 Å². The highest BCUT2D eigenvalue weighted by molar-refractivity contribution is 5.94. The minimum atomic E-state index is -1.14. The summed E-state index contributed by atoms with van der Waals surface area (Å²) in [7, 11) is 0. The Hall–Kier alpha value is -2.77. The van der Waals surface area contributed by atoms with E-state index in [0.29, 0.717) is 5.82 Å². The molecule has 0 atom stereocenters. The van der Waals surface area contributed by atoms with Crippen molar-refractivity contribution in [3.05, 3.63) is 41.7 Å². The number of aromatic carboxylic acids is 1. The first kappa shape index (κ1) is 11.7. The van der Waals surface area contributed by atoms with E-state index in [4.69, 9.17) is 5.11 Å². The number of carbonyl (C=O) groups excluding carboxylic acids is 1. The monoisotopic (exact) mass is 247 g/mol. The molecule has 18 heavy (non-hydrogen) atoms. The lowest BCUT2D eigenvalue weighted by Crippen LogP contribution is -2.23. The fraction of sp³-hybridized carbons (Fsp3) is 0.100. The zero-order valence-electron chi connectivity index (χ0n) is 9.12. The minimum absolute atomic E-state index is 0.109. The molecule has 0 saturated carbocycles. The van der Waals surface area contributed by atoms with Crippen molar-refractivity contribution >= 4 is 11.9 Å². The maximum Gasteiger partial charge on any atom is 0.354 e. The van der Waals surface area contributed by atoms with Gasteiger partial charge in [-0.3, -0.25) is 9.89 Å². The molecule has 2 aromatic rings. The van der Waals surface area contributed by atoms with Crippen molar-refractivity contribution < 1.29 is 14.7 Å². The lowest BCUT2D eigenvalue weighted by atomic mass is 10.2. The first-order valence-corrected chi connectivity index (χ1v) is 4.98. The summed E-state index contributed by atoms with van der Waals surface area (Å²) in [5, 5.41) is 17.5. The van der Waals surface area contributed by atoms with Crippen molar-refractivity contribution in [1.29, 1.82) is 0 Å². The van der Waals surface area contributed by atoms with E-state index in [9.17, 15) is 9.59 Å². The molecule has 2 heterocycles. The van der Waals surface area contributed by atoms with Gasteiger partial charge in [0.2, 0.25) is 0 Å². The van der Waals surface area contributed by atoms with Gasteiger partial charge in [-0.15, -0.1) is 0 Å². The fourth-order valence-corrected chi connectivity index (χ4v) is 1.24. The molecule has 92 valence electrons. The summed E-state index contributed by atoms with van der Waals surface area (Å²) >= 11 is 0. The Morgan fingerprint density at radius 2 is 2.17 bits per heavy atom. The van der Waals surface area contributed by atoms with E-state index < -0.39 is 5.97 Å². The zero-order chi connectivity index (χ0) is 13.0. The number of amides is 1. The molecule has 0 aliphatic rings. The predicted molar refractivity (Wildman–Crippen MR) is 58.7 cm³/mol. The van der Waals surface area contributed by atoms with E-state index in [0.717, 1.165) is 0 Å². The molecule has 3 N–H and O–H groups in total. The molecule has 2 rings (SSSR count). The molecule has 0 spiro atoms. The van der Waals surface area contributed by atoms with Crippen LogP contribution in [-0.2, 0) is 6.54 Å². The number of H-pyrrole nitrogens is 1. The smallest absolute Gasteiger partial charge is 0.354 e. The Morgan fingerprint density at radius 1 is 1.33 bits per heavy atom. The number of hydrogen-bond donors (Lipinski definition) is 3. The molecule has 8 nitrogen and oxygen atoms in total. The van der Waals surface area contributed by atoms with Crippen LogP contribution < -0.4 is 5.32 Å². The molecule has 2 aromatic heterocycles. The molecule has 8 heteroatoms. The maximum atomic E-state index is 11.7. The molecular formula is C10H9N5O3. The summed E-state index contributed by atoms with van der Waals surface area (Å²) in [6.07, 6.45) is 2.55. The average Bonchev–Trinajstić information content (AvgIpc) is 2.89. The lowest BCUT2D eigenvalue weighted by molar-refractivity contribution is 0.0689. The maximum absolute atomic E-state index is 11.7. The highest BCUT2D eigenvalue weighted by Gasteiger charge is 2.09. The molecular weight excluding hydrogens is 238 g/mol. The third kappa shape index (κ3) is 2.67. The summed E-state index contributed by atoms with van der Waals surface area (Å²) in [6, 6.07) is 2.66. The van der Waals surface area contributed by atoms with Crippen molar-refractivity contribution in [1.82, 2.24) is 25.5 Å². The molecule has 0 bridgehead atoms. The van der Waals surface area contributed by atoms with Crippen molar-refractivity contribution in [2.24, 2.45) is 0 Å². The number of nitrogens with zero attached hydrogens (tertiary/aromatic N) is 3. The van der Waals surface area contributed by atoms with Crippen LogP contribution in [0.5, 0.6) is 0 Å². The van der Waals surface area contributed by atoms with Crippen LogP contribution in [-0.4, -0.2) is 37.1 Å². The van der Waals surface area contributed by atoms with Crippen LogP contribution >= 0.6 is 0 Å². The van der Waals surface area contributed by atoms with Gasteiger partial charge in [0, 0.05) is 6.20 Å². The average molecular weight is 247 g/mol. The summed E-state index contributed by atoms with van der Waals surface area (Å²) in [4.78, 5) is 29.7. The Balaban J connectivity index is 1.98. The van der Waals surface area contributed by atoms with Crippen molar-refractivity contribution in [3.8, 4) is 0 Å². The van der Waals surface area contributed by atoms with E-state index in [1.54, 1.807) is 0 Å². The highest BCUT2D eigenvalue weighted by Crippen LogP contribution is 2.00. The Kier molecular flexibility index (Phi) is 3.28. The molecule has 0 unspecified atom stereocenters. The number of aromatic amines is 1. The van der Waals surface area contributed by atoms with E-state index in [1.807, 2.05) is 0 Å². The van der Waals surface area contributed by atoms with Gasteiger partial charge in [-0.1, -0.05) is 0 Å². The number of carboxylic acids is 1. The largest absolute Gasteiger partial charge is 0.477 e. The van der Waals surface area contributed by atoms with Gasteiger partial charge in [-0.05, 0) is 12.1 Å². The molecule has 0 saturated heterocycles. The third-order valence-corrected chi connectivity index (χ3v) is 2.13. The van der Waals surface area contributed by atoms with Gasteiger partial charge in [0.15, 0.2) is 0 Å². The molecule has 0 aromatic carbocycles. The zero-order valence-corrected chi connectivity index (χ0v) is 9.12. The van der Waals surface area contributed by atoms with Gasteiger partial charge in [0.1, 0.15) is 17.8 Å². The Labute approximate surface area is 101 Å². The van der Waals surface area contributed by atoms with Crippen LogP contribution in [0.4, 0.5) is 0 Å². The lowest BCUT2D eigenvalue weighted by Gasteiger charge is -2.02. The standard InChI is InChI=1S/C10H9N5O3/c16-9(12-4-8-13-5-14-15-8)6-1-2-7(10(17)18)11-3-6/h1-3,5H,4H2,(H,12,16)(H,17,18)(H,13,14,15). The highest BCUT2D eigenvalue weighted by atomic mass is 16.4. The number of rotatable bonds is 4. The van der Waals surface area contributed by atoms with Crippen molar-refractivity contribution in [2.75, 3.05) is 0 Å². The minimum Gasteiger partial charge on any atom is -0.477 e. The number of hydrogen-bond acceptors (Lipinski definition) is 5. The van der Waals surface area contributed by atoms with Crippen LogP contribution in [0, 0.1) is 0 Å². The first-order valence-electron chi connectivity index (χ1n) is 4.98. The topological polar surface area (TPSA) is 121 Å². The molecule has 0 fully saturated rings. The molecule has 0 radical (unpaired) electrons. The van der Waals surface area contributed by atoms with Crippen LogP contribution in [0.3, 0.4) is 0 Å². The predicted octanol–water partition coefficient (Wildman–Crippen LogP) is -0.172. The van der Waals surface area contributed by atoms with E-state index in [-0.39, 0.29) is 23.7 Å². The fourth-order valence-electron chi connectivity index (χ4n) is 1.24. The van der Waals surface area contributed by atoms with Crippen LogP contribution in [0.25, 0.3) is 0 Å². The van der Waals surface area contributed by atoms with Gasteiger partial charge in [0.25, 0.3) is 5.91 Å². The van der Waals surface area contributed by atoms with Gasteiger partial charge in [0.05, 0.1) is 12.1 Å². The summed E-state index contributed by atoms with van der Waals surface area (Å²) < 4.78 is 0. The van der Waals surface area contributed by atoms with Crippen LogP contribution in [0.2, 0.25) is 0 Å². The number of aromatic nitrogens is 4. The second kappa shape index (κ2) is 5.04. The van der Waals surface area contributed by atoms with Crippen LogP contribution in [0.1, 0.15) is 26.7 Å². The number of nitrogens with one attached hydrogen (secondary N) is 2. The van der Waals surface area contributed by atoms with Crippen LogP contribution in [0.15, 0.2) is 24.7 Å². The van der Waals surface area contributed by atoms with Crippen molar-refractivity contribution in [3.63, 3.8) is 0 Å². The second-order valence-electron chi connectivity index (χ2n) is 3.35. The van der Waals surface area contributed by atoms with Gasteiger partial charge in [-0.2, -0.15) is 5.10 Å². The normalized spacial score (nSPS) is 10.0. The van der Waals surface area contributed by atoms with E-state index in [2.05, 4.69) is 25.5 Å². The Bertz CT molecular complexity index is 549. The first-order chi connectivity index (χ1) is 8.66. The molecule has 0 aliphatic carbocycles. The number of carbonyl (C=O) groups is 2. The molecule has 1 amide bonds. The summed E-state index contributed by atoms with van der Waals surface area (Å²) in [5.41, 5.74) is 0.168. The van der Waals surface area contributed by atoms with Gasteiger partial charge in [-0.25, -0.2) is 14.8 Å². The SMILES string of the molecule is O=C(NCc1ncn[nH]1)c1ccc(C(=O)O)nc1. The number of carboxylic acid groups (broad SMARTS) is 1. The number of pyridine rings is 1. The molecule has 0 aliphatic heterocycles. The summed E-state index contributed by atoms with van der Waals surface area (Å²) in [5.74, 6) is -0.974. The van der Waals surface area contributed by atoms with Gasteiger partial charge < -0.3 is 10.4 Å². The quantitative estimate of drug-likeness (QED) is 0.689.